The molecule has 0 atom stereocenters. The highest BCUT2D eigenvalue weighted by atomic mass is 16.3. The monoisotopic (exact) mass is 930 g/mol. The Hall–Kier alpha value is -9.64. The maximum absolute atomic E-state index is 6.86. The van der Waals surface area contributed by atoms with E-state index in [1.165, 1.54) is 55.3 Å². The Morgan fingerprint density at radius 1 is 0.288 bits per heavy atom. The van der Waals surface area contributed by atoms with Crippen molar-refractivity contribution in [2.75, 3.05) is 9.80 Å². The van der Waals surface area contributed by atoms with Crippen LogP contribution in [0.15, 0.2) is 264 Å². The molecule has 2 aliphatic carbocycles. The Labute approximate surface area is 420 Å². The van der Waals surface area contributed by atoms with Crippen molar-refractivity contribution in [3.05, 3.63) is 277 Å². The maximum Gasteiger partial charge on any atom is 0.159 e. The van der Waals surface area contributed by atoms with E-state index in [-0.39, 0.29) is 0 Å². The normalized spacial score (nSPS) is 13.0. The molecule has 2 heterocycles. The lowest BCUT2D eigenvalue weighted by Gasteiger charge is -2.33. The van der Waals surface area contributed by atoms with E-state index < -0.39 is 5.41 Å². The number of rotatable bonds is 6. The van der Waals surface area contributed by atoms with Crippen LogP contribution in [0, 0.1) is 0 Å². The highest BCUT2D eigenvalue weighted by molar-refractivity contribution is 6.17. The number of benzene rings is 12. The van der Waals surface area contributed by atoms with E-state index in [2.05, 4.69) is 252 Å². The van der Waals surface area contributed by atoms with Gasteiger partial charge in [0.2, 0.25) is 0 Å². The highest BCUT2D eigenvalue weighted by Gasteiger charge is 2.53. The molecule has 0 radical (unpaired) electrons. The SMILES string of the molecule is c1ccc(N(c2ccc3c4c(ccc3c2)-c2c(cc(N(c3ccccc3)c3cccc5c3oc3ccccc35)c3ccccc23)C42c3ccccc3-c3ccccc32)c2cccc3c2oc2ccccc23)cc1. The second kappa shape index (κ2) is 15.2. The molecule has 12 aromatic carbocycles. The van der Waals surface area contributed by atoms with Gasteiger partial charge in [-0.1, -0.05) is 188 Å². The number of fused-ring (bicyclic) bond motifs is 20. The van der Waals surface area contributed by atoms with Gasteiger partial charge in [0.15, 0.2) is 11.2 Å². The summed E-state index contributed by atoms with van der Waals surface area (Å²) in [5.41, 5.74) is 19.2. The fourth-order valence-corrected chi connectivity index (χ4v) is 12.9. The summed E-state index contributed by atoms with van der Waals surface area (Å²) in [6, 6.07) is 92.8. The Kier molecular flexibility index (Phi) is 8.35. The molecule has 14 aromatic rings. The lowest BCUT2D eigenvalue weighted by molar-refractivity contribution is 0.668. The van der Waals surface area contributed by atoms with Gasteiger partial charge in [0.1, 0.15) is 11.2 Å². The molecule has 2 aromatic heterocycles. The second-order valence-electron chi connectivity index (χ2n) is 19.4. The van der Waals surface area contributed by atoms with Crippen LogP contribution < -0.4 is 9.80 Å². The predicted octanol–water partition coefficient (Wildman–Crippen LogP) is 19.1. The van der Waals surface area contributed by atoms with Gasteiger partial charge in [-0.15, -0.1) is 0 Å². The summed E-state index contributed by atoms with van der Waals surface area (Å²) in [6.45, 7) is 0. The van der Waals surface area contributed by atoms with E-state index in [1.807, 2.05) is 12.1 Å². The number of nitrogens with zero attached hydrogens (tertiary/aromatic N) is 2. The minimum atomic E-state index is -0.662. The van der Waals surface area contributed by atoms with Crippen molar-refractivity contribution in [2.24, 2.45) is 0 Å². The minimum Gasteiger partial charge on any atom is -0.454 e. The van der Waals surface area contributed by atoms with E-state index >= 15 is 0 Å². The molecule has 0 N–H and O–H groups in total. The lowest BCUT2D eigenvalue weighted by Crippen LogP contribution is -2.26. The molecule has 0 aliphatic heterocycles. The molecular weight excluding hydrogens is 889 g/mol. The fourth-order valence-electron chi connectivity index (χ4n) is 12.9. The molecule has 0 bridgehead atoms. The van der Waals surface area contributed by atoms with Crippen molar-refractivity contribution in [2.45, 2.75) is 5.41 Å². The van der Waals surface area contributed by atoms with Gasteiger partial charge in [0.25, 0.3) is 0 Å². The van der Waals surface area contributed by atoms with Crippen LogP contribution in [0.5, 0.6) is 0 Å². The van der Waals surface area contributed by atoms with Crippen molar-refractivity contribution in [3.63, 3.8) is 0 Å². The van der Waals surface area contributed by atoms with Crippen LogP contribution in [0.3, 0.4) is 0 Å². The average Bonchev–Trinajstić information content (AvgIpc) is 4.21. The molecule has 16 rings (SSSR count). The zero-order valence-corrected chi connectivity index (χ0v) is 39.5. The molecule has 0 saturated heterocycles. The van der Waals surface area contributed by atoms with Gasteiger partial charge in [0.05, 0.1) is 22.5 Å². The molecule has 0 saturated carbocycles. The smallest absolute Gasteiger partial charge is 0.159 e. The fraction of sp³-hybridized carbons (Fsp3) is 0.0145. The summed E-state index contributed by atoms with van der Waals surface area (Å²) < 4.78 is 13.6. The van der Waals surface area contributed by atoms with E-state index in [4.69, 9.17) is 8.83 Å². The first-order valence-corrected chi connectivity index (χ1v) is 25.1. The van der Waals surface area contributed by atoms with Crippen LogP contribution in [-0.4, -0.2) is 0 Å². The van der Waals surface area contributed by atoms with Gasteiger partial charge in [-0.25, -0.2) is 0 Å². The van der Waals surface area contributed by atoms with Crippen molar-refractivity contribution in [3.8, 4) is 22.3 Å². The summed E-state index contributed by atoms with van der Waals surface area (Å²) in [7, 11) is 0. The van der Waals surface area contributed by atoms with Crippen LogP contribution in [0.4, 0.5) is 34.1 Å². The Morgan fingerprint density at radius 2 is 0.795 bits per heavy atom. The third-order valence-corrected chi connectivity index (χ3v) is 15.8. The summed E-state index contributed by atoms with van der Waals surface area (Å²) in [6.07, 6.45) is 0. The van der Waals surface area contributed by atoms with Gasteiger partial charge in [0, 0.05) is 44.0 Å². The largest absolute Gasteiger partial charge is 0.454 e. The Morgan fingerprint density at radius 3 is 1.42 bits per heavy atom. The molecule has 340 valence electrons. The first kappa shape index (κ1) is 40.1. The standard InChI is InChI=1S/C69H42N2O2/c1-3-19-44(20-4-1)70(60-33-17-29-54-51-26-11-15-35-63(51)72-67(54)60)46-38-40-47-43(41-46)37-39-56-65-53-28-8-7-25-50(53)62(42-59(65)69(66(47)56)57-31-13-9-23-48(57)49-24-10-14-32-58(49)69)71(45-21-5-2-6-22-45)61-34-18-30-55-52-27-12-16-36-64(52)73-68(55)61/h1-42H. The van der Waals surface area contributed by atoms with E-state index in [0.29, 0.717) is 0 Å². The zero-order valence-electron chi connectivity index (χ0n) is 39.5. The quantitative estimate of drug-likeness (QED) is 0.166. The summed E-state index contributed by atoms with van der Waals surface area (Å²) in [5.74, 6) is 0. The zero-order chi connectivity index (χ0) is 47.8. The van der Waals surface area contributed by atoms with Gasteiger partial charge in [-0.2, -0.15) is 0 Å². The Bertz CT molecular complexity index is 4540. The average molecular weight is 931 g/mol. The van der Waals surface area contributed by atoms with Crippen LogP contribution in [0.25, 0.3) is 87.7 Å². The molecule has 4 heteroatoms. The minimum absolute atomic E-state index is 0.662. The van der Waals surface area contributed by atoms with Crippen molar-refractivity contribution in [1.82, 2.24) is 0 Å². The number of para-hydroxylation sites is 6. The van der Waals surface area contributed by atoms with Crippen molar-refractivity contribution >= 4 is 99.5 Å². The maximum atomic E-state index is 6.86. The summed E-state index contributed by atoms with van der Waals surface area (Å²) in [4.78, 5) is 4.78. The van der Waals surface area contributed by atoms with Crippen LogP contribution >= 0.6 is 0 Å². The summed E-state index contributed by atoms with van der Waals surface area (Å²) >= 11 is 0. The van der Waals surface area contributed by atoms with Crippen molar-refractivity contribution < 1.29 is 8.83 Å². The van der Waals surface area contributed by atoms with Gasteiger partial charge in [-0.3, -0.25) is 0 Å². The molecule has 0 amide bonds. The molecule has 2 aliphatic rings. The van der Waals surface area contributed by atoms with Gasteiger partial charge < -0.3 is 18.6 Å². The number of hydrogen-bond donors (Lipinski definition) is 0. The topological polar surface area (TPSA) is 32.8 Å². The molecular formula is C69H42N2O2. The van der Waals surface area contributed by atoms with Crippen molar-refractivity contribution in [1.29, 1.82) is 0 Å². The van der Waals surface area contributed by atoms with E-state index in [9.17, 15) is 0 Å². The van der Waals surface area contributed by atoms with Gasteiger partial charge >= 0.3 is 0 Å². The first-order chi connectivity index (χ1) is 36.2. The molecule has 0 fully saturated rings. The predicted molar refractivity (Wildman–Crippen MR) is 302 cm³/mol. The van der Waals surface area contributed by atoms with E-state index in [0.717, 1.165) is 88.8 Å². The summed E-state index contributed by atoms with van der Waals surface area (Å²) in [5, 5.41) is 9.15. The molecule has 4 nitrogen and oxygen atoms in total. The molecule has 1 spiro atoms. The number of furan rings is 2. The lowest BCUT2D eigenvalue weighted by atomic mass is 9.69. The number of hydrogen-bond acceptors (Lipinski definition) is 4. The third kappa shape index (κ3) is 5.49. The highest BCUT2D eigenvalue weighted by Crippen LogP contribution is 2.66. The van der Waals surface area contributed by atoms with E-state index in [1.54, 1.807) is 0 Å². The van der Waals surface area contributed by atoms with Crippen LogP contribution in [-0.2, 0) is 5.41 Å². The molecule has 73 heavy (non-hydrogen) atoms. The number of anilines is 6. The van der Waals surface area contributed by atoms with Crippen LogP contribution in [0.1, 0.15) is 22.3 Å². The third-order valence-electron chi connectivity index (χ3n) is 15.8. The Balaban J connectivity index is 0.991. The first-order valence-electron chi connectivity index (χ1n) is 25.1. The van der Waals surface area contributed by atoms with Gasteiger partial charge in [-0.05, 0) is 127 Å². The molecule has 0 unspecified atom stereocenters. The second-order valence-corrected chi connectivity index (χ2v) is 19.4. The van der Waals surface area contributed by atoms with Crippen LogP contribution in [0.2, 0.25) is 0 Å².